The Morgan fingerprint density at radius 1 is 1.26 bits per heavy atom. The van der Waals surface area contributed by atoms with Gasteiger partial charge in [0.05, 0.1) is 5.56 Å². The van der Waals surface area contributed by atoms with Crippen LogP contribution in [0.25, 0.3) is 0 Å². The predicted molar refractivity (Wildman–Crippen MR) is 82.1 cm³/mol. The first-order valence-corrected chi connectivity index (χ1v) is 7.62. The first-order chi connectivity index (χ1) is 9.06. The lowest BCUT2D eigenvalue weighted by atomic mass is 10.2. The summed E-state index contributed by atoms with van der Waals surface area (Å²) in [7, 11) is 0. The van der Waals surface area contributed by atoms with E-state index in [2.05, 4.69) is 15.9 Å². The van der Waals surface area contributed by atoms with Gasteiger partial charge in [-0.05, 0) is 29.8 Å². The van der Waals surface area contributed by atoms with Crippen molar-refractivity contribution in [1.82, 2.24) is 0 Å². The molecule has 0 fully saturated rings. The molecule has 0 saturated carbocycles. The molecule has 0 amide bonds. The average molecular weight is 358 g/mol. The van der Waals surface area contributed by atoms with Crippen molar-refractivity contribution >= 4 is 45.3 Å². The second kappa shape index (κ2) is 6.46. The molecule has 0 bridgehead atoms. The SMILES string of the molecule is O=C(O)c1cc(Br)cc(SCc2ccccc2Cl)c1. The van der Waals surface area contributed by atoms with Crippen molar-refractivity contribution in [3.05, 3.63) is 63.1 Å². The van der Waals surface area contributed by atoms with Crippen molar-refractivity contribution in [2.75, 3.05) is 0 Å². The van der Waals surface area contributed by atoms with Gasteiger partial charge in [0.15, 0.2) is 0 Å². The van der Waals surface area contributed by atoms with Gasteiger partial charge in [-0.2, -0.15) is 0 Å². The molecule has 2 rings (SSSR count). The highest BCUT2D eigenvalue weighted by molar-refractivity contribution is 9.10. The number of thioether (sulfide) groups is 1. The van der Waals surface area contributed by atoms with Gasteiger partial charge in [0, 0.05) is 20.1 Å². The third kappa shape index (κ3) is 4.00. The number of hydrogen-bond donors (Lipinski definition) is 1. The van der Waals surface area contributed by atoms with Gasteiger partial charge in [-0.3, -0.25) is 0 Å². The van der Waals surface area contributed by atoms with E-state index in [1.54, 1.807) is 23.9 Å². The van der Waals surface area contributed by atoms with Gasteiger partial charge in [-0.15, -0.1) is 11.8 Å². The molecule has 2 aromatic rings. The van der Waals surface area contributed by atoms with E-state index in [1.807, 2.05) is 30.3 Å². The Kier molecular flexibility index (Phi) is 4.91. The van der Waals surface area contributed by atoms with Gasteiger partial charge in [0.2, 0.25) is 0 Å². The molecule has 98 valence electrons. The lowest BCUT2D eigenvalue weighted by molar-refractivity contribution is 0.0696. The number of aromatic carboxylic acids is 1. The van der Waals surface area contributed by atoms with Crippen LogP contribution in [-0.2, 0) is 5.75 Å². The lowest BCUT2D eigenvalue weighted by Gasteiger charge is -2.06. The van der Waals surface area contributed by atoms with Gasteiger partial charge >= 0.3 is 5.97 Å². The van der Waals surface area contributed by atoms with Gasteiger partial charge in [-0.1, -0.05) is 45.7 Å². The van der Waals surface area contributed by atoms with Crippen LogP contribution in [0, 0.1) is 0 Å². The number of rotatable bonds is 4. The Morgan fingerprint density at radius 2 is 2.00 bits per heavy atom. The average Bonchev–Trinajstić information content (AvgIpc) is 2.37. The maximum absolute atomic E-state index is 11.0. The highest BCUT2D eigenvalue weighted by Gasteiger charge is 2.07. The number of carbonyl (C=O) groups is 1. The number of carboxylic acid groups (broad SMARTS) is 1. The highest BCUT2D eigenvalue weighted by Crippen LogP contribution is 2.29. The smallest absolute Gasteiger partial charge is 0.335 e. The lowest BCUT2D eigenvalue weighted by Crippen LogP contribution is -1.96. The van der Waals surface area contributed by atoms with Gasteiger partial charge in [-0.25, -0.2) is 4.79 Å². The van der Waals surface area contributed by atoms with Gasteiger partial charge in [0.1, 0.15) is 0 Å². The minimum absolute atomic E-state index is 0.274. The molecule has 0 unspecified atom stereocenters. The molecule has 2 aromatic carbocycles. The second-order valence-electron chi connectivity index (χ2n) is 3.86. The van der Waals surface area contributed by atoms with Crippen molar-refractivity contribution in [1.29, 1.82) is 0 Å². The molecule has 0 aliphatic carbocycles. The van der Waals surface area contributed by atoms with Crippen molar-refractivity contribution in [2.45, 2.75) is 10.6 Å². The molecule has 0 saturated heterocycles. The van der Waals surface area contributed by atoms with Crippen molar-refractivity contribution in [3.63, 3.8) is 0 Å². The first-order valence-electron chi connectivity index (χ1n) is 5.46. The number of halogens is 2. The van der Waals surface area contributed by atoms with E-state index in [0.29, 0.717) is 5.75 Å². The summed E-state index contributed by atoms with van der Waals surface area (Å²) in [5.74, 6) is -0.226. The van der Waals surface area contributed by atoms with E-state index in [1.165, 1.54) is 0 Å². The van der Waals surface area contributed by atoms with Crippen LogP contribution in [0.15, 0.2) is 51.8 Å². The molecule has 0 aliphatic heterocycles. The zero-order chi connectivity index (χ0) is 13.8. The van der Waals surface area contributed by atoms with E-state index in [4.69, 9.17) is 16.7 Å². The van der Waals surface area contributed by atoms with E-state index >= 15 is 0 Å². The zero-order valence-electron chi connectivity index (χ0n) is 9.77. The van der Waals surface area contributed by atoms with Crippen molar-refractivity contribution < 1.29 is 9.90 Å². The van der Waals surface area contributed by atoms with E-state index in [-0.39, 0.29) is 5.56 Å². The molecule has 19 heavy (non-hydrogen) atoms. The Hall–Kier alpha value is -0.970. The second-order valence-corrected chi connectivity index (χ2v) is 6.23. The number of carboxylic acids is 1. The summed E-state index contributed by atoms with van der Waals surface area (Å²) in [5.41, 5.74) is 1.31. The van der Waals surface area contributed by atoms with E-state index < -0.39 is 5.97 Å². The summed E-state index contributed by atoms with van der Waals surface area (Å²) in [6.45, 7) is 0. The molecule has 0 heterocycles. The first kappa shape index (κ1) is 14.4. The Morgan fingerprint density at radius 3 is 2.68 bits per heavy atom. The summed E-state index contributed by atoms with van der Waals surface area (Å²) >= 11 is 11.0. The molecule has 0 spiro atoms. The van der Waals surface area contributed by atoms with Crippen LogP contribution < -0.4 is 0 Å². The van der Waals surface area contributed by atoms with Crippen LogP contribution in [0.2, 0.25) is 5.02 Å². The summed E-state index contributed by atoms with van der Waals surface area (Å²) in [5, 5.41) is 9.74. The molecule has 1 N–H and O–H groups in total. The Balaban J connectivity index is 2.16. The molecule has 0 atom stereocenters. The third-order valence-electron chi connectivity index (χ3n) is 2.47. The summed E-state index contributed by atoms with van der Waals surface area (Å²) < 4.78 is 0.758. The predicted octanol–water partition coefficient (Wildman–Crippen LogP) is 5.09. The minimum atomic E-state index is -0.930. The monoisotopic (exact) mass is 356 g/mol. The van der Waals surface area contributed by atoms with Crippen LogP contribution in [-0.4, -0.2) is 11.1 Å². The van der Waals surface area contributed by atoms with Crippen LogP contribution in [0.3, 0.4) is 0 Å². The third-order valence-corrected chi connectivity index (χ3v) is 4.32. The molecular formula is C14H10BrClO2S. The Bertz CT molecular complexity index is 616. The van der Waals surface area contributed by atoms with Crippen LogP contribution in [0.1, 0.15) is 15.9 Å². The maximum Gasteiger partial charge on any atom is 0.335 e. The molecule has 0 radical (unpaired) electrons. The summed E-state index contributed by atoms with van der Waals surface area (Å²) in [4.78, 5) is 11.9. The fraction of sp³-hybridized carbons (Fsp3) is 0.0714. The standard InChI is InChI=1S/C14H10BrClO2S/c15-11-5-10(14(17)18)6-12(7-11)19-8-9-3-1-2-4-13(9)16/h1-7H,8H2,(H,17,18). The van der Waals surface area contributed by atoms with Crippen molar-refractivity contribution in [2.24, 2.45) is 0 Å². The normalized spacial score (nSPS) is 10.4. The zero-order valence-corrected chi connectivity index (χ0v) is 12.9. The highest BCUT2D eigenvalue weighted by atomic mass is 79.9. The number of benzene rings is 2. The molecular weight excluding hydrogens is 348 g/mol. The van der Waals surface area contributed by atoms with Crippen LogP contribution in [0.4, 0.5) is 0 Å². The van der Waals surface area contributed by atoms with Crippen molar-refractivity contribution in [3.8, 4) is 0 Å². The van der Waals surface area contributed by atoms with Crippen LogP contribution >= 0.6 is 39.3 Å². The molecule has 5 heteroatoms. The molecule has 0 aromatic heterocycles. The fourth-order valence-corrected chi connectivity index (χ4v) is 3.47. The van der Waals surface area contributed by atoms with Gasteiger partial charge < -0.3 is 5.11 Å². The molecule has 2 nitrogen and oxygen atoms in total. The fourth-order valence-electron chi connectivity index (χ4n) is 1.55. The largest absolute Gasteiger partial charge is 0.478 e. The minimum Gasteiger partial charge on any atom is -0.478 e. The van der Waals surface area contributed by atoms with E-state index in [9.17, 15) is 4.79 Å². The quantitative estimate of drug-likeness (QED) is 0.774. The summed E-state index contributed by atoms with van der Waals surface area (Å²) in [6, 6.07) is 12.8. The molecule has 0 aliphatic rings. The van der Waals surface area contributed by atoms with E-state index in [0.717, 1.165) is 20.0 Å². The number of hydrogen-bond acceptors (Lipinski definition) is 2. The summed E-state index contributed by atoms with van der Waals surface area (Å²) in [6.07, 6.45) is 0. The topological polar surface area (TPSA) is 37.3 Å². The van der Waals surface area contributed by atoms with Gasteiger partial charge in [0.25, 0.3) is 0 Å². The maximum atomic E-state index is 11.0. The Labute approximate surface area is 128 Å². The van der Waals surface area contributed by atoms with Crippen LogP contribution in [0.5, 0.6) is 0 Å².